The fraction of sp³-hybridized carbons (Fsp3) is 0.125. The quantitative estimate of drug-likeness (QED) is 0.938. The molecule has 21 heavy (non-hydrogen) atoms. The monoisotopic (exact) mass is 284 g/mol. The predicted octanol–water partition coefficient (Wildman–Crippen LogP) is 3.10. The maximum absolute atomic E-state index is 12.8. The molecule has 0 bridgehead atoms. The van der Waals surface area contributed by atoms with Gasteiger partial charge in [-0.05, 0) is 49.4 Å². The summed E-state index contributed by atoms with van der Waals surface area (Å²) >= 11 is 0. The van der Waals surface area contributed by atoms with Gasteiger partial charge in [0.05, 0.1) is 11.6 Å². The van der Waals surface area contributed by atoms with Crippen molar-refractivity contribution in [1.82, 2.24) is 0 Å². The van der Waals surface area contributed by atoms with Gasteiger partial charge in [-0.25, -0.2) is 4.39 Å². The number of nitriles is 1. The molecule has 0 aliphatic carbocycles. The SMILES string of the molecule is CC(Oc1ccc(F)cc1)C(=O)Nc1cccc(C#N)c1. The van der Waals surface area contributed by atoms with Crippen molar-refractivity contribution in [3.63, 3.8) is 0 Å². The van der Waals surface area contributed by atoms with Crippen LogP contribution < -0.4 is 10.1 Å². The number of nitrogens with zero attached hydrogens (tertiary/aromatic N) is 1. The predicted molar refractivity (Wildman–Crippen MR) is 76.3 cm³/mol. The molecule has 0 radical (unpaired) electrons. The van der Waals surface area contributed by atoms with Crippen LogP contribution in [-0.4, -0.2) is 12.0 Å². The van der Waals surface area contributed by atoms with Crippen LogP contribution in [-0.2, 0) is 4.79 Å². The van der Waals surface area contributed by atoms with E-state index in [1.165, 1.54) is 24.3 Å². The molecule has 4 nitrogen and oxygen atoms in total. The molecule has 2 aromatic carbocycles. The van der Waals surface area contributed by atoms with Gasteiger partial charge in [-0.15, -0.1) is 0 Å². The first-order valence-corrected chi connectivity index (χ1v) is 6.32. The lowest BCUT2D eigenvalue weighted by Gasteiger charge is -2.14. The van der Waals surface area contributed by atoms with Crippen LogP contribution in [0.25, 0.3) is 0 Å². The number of nitrogens with one attached hydrogen (secondary N) is 1. The third kappa shape index (κ3) is 4.05. The van der Waals surface area contributed by atoms with Crippen molar-refractivity contribution in [3.05, 3.63) is 59.9 Å². The highest BCUT2D eigenvalue weighted by molar-refractivity contribution is 5.94. The average Bonchev–Trinajstić information content (AvgIpc) is 2.49. The summed E-state index contributed by atoms with van der Waals surface area (Å²) in [6, 6.07) is 14.0. The molecule has 1 amide bonds. The molecule has 0 spiro atoms. The van der Waals surface area contributed by atoms with Gasteiger partial charge >= 0.3 is 0 Å². The van der Waals surface area contributed by atoms with Crippen molar-refractivity contribution in [3.8, 4) is 11.8 Å². The number of rotatable bonds is 4. The Bertz CT molecular complexity index is 677. The molecule has 1 N–H and O–H groups in total. The van der Waals surface area contributed by atoms with Gasteiger partial charge < -0.3 is 10.1 Å². The molecule has 1 unspecified atom stereocenters. The number of anilines is 1. The highest BCUT2D eigenvalue weighted by atomic mass is 19.1. The zero-order valence-electron chi connectivity index (χ0n) is 11.3. The zero-order chi connectivity index (χ0) is 15.2. The van der Waals surface area contributed by atoms with Gasteiger partial charge in [0.15, 0.2) is 6.10 Å². The van der Waals surface area contributed by atoms with Gasteiger partial charge in [-0.2, -0.15) is 5.26 Å². The Morgan fingerprint density at radius 1 is 1.29 bits per heavy atom. The number of halogens is 1. The van der Waals surface area contributed by atoms with E-state index in [1.54, 1.807) is 31.2 Å². The fourth-order valence-electron chi connectivity index (χ4n) is 1.68. The number of ether oxygens (including phenoxy) is 1. The van der Waals surface area contributed by atoms with Crippen LogP contribution in [0, 0.1) is 17.1 Å². The molecule has 1 atom stereocenters. The lowest BCUT2D eigenvalue weighted by Crippen LogP contribution is -2.30. The summed E-state index contributed by atoms with van der Waals surface area (Å²) in [7, 11) is 0. The van der Waals surface area contributed by atoms with E-state index in [0.29, 0.717) is 17.0 Å². The van der Waals surface area contributed by atoms with Crippen LogP contribution in [0.2, 0.25) is 0 Å². The van der Waals surface area contributed by atoms with Crippen molar-refractivity contribution in [2.75, 3.05) is 5.32 Å². The van der Waals surface area contributed by atoms with Crippen molar-refractivity contribution >= 4 is 11.6 Å². The molecule has 0 heterocycles. The van der Waals surface area contributed by atoms with Gasteiger partial charge in [0.2, 0.25) is 0 Å². The molecular weight excluding hydrogens is 271 g/mol. The van der Waals surface area contributed by atoms with Gasteiger partial charge in [0.25, 0.3) is 5.91 Å². The van der Waals surface area contributed by atoms with E-state index in [9.17, 15) is 9.18 Å². The molecule has 106 valence electrons. The van der Waals surface area contributed by atoms with E-state index in [1.807, 2.05) is 6.07 Å². The van der Waals surface area contributed by atoms with Crippen LogP contribution in [0.15, 0.2) is 48.5 Å². The number of amides is 1. The molecule has 0 saturated heterocycles. The van der Waals surface area contributed by atoms with Crippen LogP contribution in [0.4, 0.5) is 10.1 Å². The van der Waals surface area contributed by atoms with Crippen LogP contribution in [0.1, 0.15) is 12.5 Å². The first-order valence-electron chi connectivity index (χ1n) is 6.32. The molecule has 0 saturated carbocycles. The normalized spacial score (nSPS) is 11.3. The summed E-state index contributed by atoms with van der Waals surface area (Å²) in [6.45, 7) is 1.59. The third-order valence-corrected chi connectivity index (χ3v) is 2.75. The summed E-state index contributed by atoms with van der Waals surface area (Å²) < 4.78 is 18.2. The average molecular weight is 284 g/mol. The van der Waals surface area contributed by atoms with E-state index in [0.717, 1.165) is 0 Å². The summed E-state index contributed by atoms with van der Waals surface area (Å²) in [5.41, 5.74) is 0.980. The second kappa shape index (κ2) is 6.53. The number of carbonyl (C=O) groups excluding carboxylic acids is 1. The van der Waals surface area contributed by atoms with Gasteiger partial charge in [-0.1, -0.05) is 6.07 Å². The summed E-state index contributed by atoms with van der Waals surface area (Å²) in [4.78, 5) is 12.0. The molecule has 5 heteroatoms. The van der Waals surface area contributed by atoms with E-state index >= 15 is 0 Å². The van der Waals surface area contributed by atoms with Crippen LogP contribution in [0.5, 0.6) is 5.75 Å². The minimum Gasteiger partial charge on any atom is -0.481 e. The van der Waals surface area contributed by atoms with E-state index < -0.39 is 6.10 Å². The smallest absolute Gasteiger partial charge is 0.265 e. The largest absolute Gasteiger partial charge is 0.481 e. The lowest BCUT2D eigenvalue weighted by atomic mass is 10.2. The summed E-state index contributed by atoms with van der Waals surface area (Å²) in [5.74, 6) is -0.313. The van der Waals surface area contributed by atoms with Gasteiger partial charge in [-0.3, -0.25) is 4.79 Å². The van der Waals surface area contributed by atoms with Crippen LogP contribution >= 0.6 is 0 Å². The summed E-state index contributed by atoms with van der Waals surface area (Å²) in [6.07, 6.45) is -0.749. The van der Waals surface area contributed by atoms with E-state index in [-0.39, 0.29) is 11.7 Å². The van der Waals surface area contributed by atoms with Crippen molar-refractivity contribution in [2.24, 2.45) is 0 Å². The molecule has 0 aliphatic rings. The third-order valence-electron chi connectivity index (χ3n) is 2.75. The van der Waals surface area contributed by atoms with Crippen LogP contribution in [0.3, 0.4) is 0 Å². The topological polar surface area (TPSA) is 62.1 Å². The summed E-state index contributed by atoms with van der Waals surface area (Å²) in [5, 5.41) is 11.5. The van der Waals surface area contributed by atoms with Gasteiger partial charge in [0.1, 0.15) is 11.6 Å². The second-order valence-corrected chi connectivity index (χ2v) is 4.40. The first-order chi connectivity index (χ1) is 10.1. The molecule has 0 aromatic heterocycles. The highest BCUT2D eigenvalue weighted by Crippen LogP contribution is 2.15. The van der Waals surface area contributed by atoms with Crippen molar-refractivity contribution < 1.29 is 13.9 Å². The van der Waals surface area contributed by atoms with Crippen molar-refractivity contribution in [2.45, 2.75) is 13.0 Å². The van der Waals surface area contributed by atoms with E-state index in [2.05, 4.69) is 5.32 Å². The molecule has 2 aromatic rings. The molecule has 0 fully saturated rings. The number of carbonyl (C=O) groups is 1. The Balaban J connectivity index is 1.99. The zero-order valence-corrected chi connectivity index (χ0v) is 11.3. The maximum atomic E-state index is 12.8. The Kier molecular flexibility index (Phi) is 4.52. The Hall–Kier alpha value is -2.87. The number of benzene rings is 2. The number of hydrogen-bond donors (Lipinski definition) is 1. The Morgan fingerprint density at radius 2 is 2.00 bits per heavy atom. The lowest BCUT2D eigenvalue weighted by molar-refractivity contribution is -0.122. The molecule has 0 aliphatic heterocycles. The fourth-order valence-corrected chi connectivity index (χ4v) is 1.68. The number of hydrogen-bond acceptors (Lipinski definition) is 3. The Labute approximate surface area is 121 Å². The first kappa shape index (κ1) is 14.5. The van der Waals surface area contributed by atoms with Gasteiger partial charge in [0, 0.05) is 5.69 Å². The standard InChI is InChI=1S/C16H13FN2O2/c1-11(21-15-7-5-13(17)6-8-15)16(20)19-14-4-2-3-12(9-14)10-18/h2-9,11H,1H3,(H,19,20). The highest BCUT2D eigenvalue weighted by Gasteiger charge is 2.15. The second-order valence-electron chi connectivity index (χ2n) is 4.40. The molecular formula is C16H13FN2O2. The minimum absolute atomic E-state index is 0.352. The van der Waals surface area contributed by atoms with Crippen molar-refractivity contribution in [1.29, 1.82) is 5.26 Å². The minimum atomic E-state index is -0.749. The Morgan fingerprint density at radius 3 is 2.67 bits per heavy atom. The van der Waals surface area contributed by atoms with E-state index in [4.69, 9.17) is 10.00 Å². The maximum Gasteiger partial charge on any atom is 0.265 e. The molecule has 2 rings (SSSR count).